The van der Waals surface area contributed by atoms with Gasteiger partial charge in [-0.05, 0) is 47.9 Å². The molecule has 0 atom stereocenters. The second kappa shape index (κ2) is 10.3. The molecule has 1 fully saturated rings. The van der Waals surface area contributed by atoms with Crippen molar-refractivity contribution in [2.45, 2.75) is 19.4 Å². The lowest BCUT2D eigenvalue weighted by atomic mass is 10.2. The number of amides is 1. The van der Waals surface area contributed by atoms with E-state index in [9.17, 15) is 9.59 Å². The SMILES string of the molecule is O=C(O)CCCN1C(=O)C(=Cc2ccc(OCc3ccc(Cl)c(Cl)c3)cc2)SC1=S. The standard InChI is InChI=1S/C21H17Cl2NO4S2/c22-16-8-5-14(10-17(16)23)12-28-15-6-3-13(4-7-15)11-18-20(27)24(21(29)30-18)9-1-2-19(25)26/h3-8,10-11H,1-2,9,12H2,(H,25,26). The van der Waals surface area contributed by atoms with Crippen LogP contribution in [0.15, 0.2) is 47.4 Å². The van der Waals surface area contributed by atoms with Crippen molar-refractivity contribution in [3.05, 3.63) is 68.5 Å². The van der Waals surface area contributed by atoms with Crippen LogP contribution >= 0.6 is 47.2 Å². The van der Waals surface area contributed by atoms with Crippen molar-refractivity contribution in [2.24, 2.45) is 0 Å². The molecule has 2 aromatic rings. The molecule has 0 unspecified atom stereocenters. The Morgan fingerprint density at radius 2 is 1.90 bits per heavy atom. The summed E-state index contributed by atoms with van der Waals surface area (Å²) in [7, 11) is 0. The van der Waals surface area contributed by atoms with Gasteiger partial charge in [0, 0.05) is 13.0 Å². The summed E-state index contributed by atoms with van der Waals surface area (Å²) in [4.78, 5) is 25.1. The predicted octanol–water partition coefficient (Wildman–Crippen LogP) is 5.64. The quantitative estimate of drug-likeness (QED) is 0.388. The fraction of sp³-hybridized carbons (Fsp3) is 0.190. The third-order valence-electron chi connectivity index (χ3n) is 4.21. The maximum atomic E-state index is 12.5. The number of nitrogens with zero attached hydrogens (tertiary/aromatic N) is 1. The minimum absolute atomic E-state index is 0.000203. The topological polar surface area (TPSA) is 66.8 Å². The first kappa shape index (κ1) is 22.6. The average molecular weight is 482 g/mol. The van der Waals surface area contributed by atoms with Crippen LogP contribution in [0.4, 0.5) is 0 Å². The highest BCUT2D eigenvalue weighted by Crippen LogP contribution is 2.33. The first-order valence-electron chi connectivity index (χ1n) is 8.97. The number of thioether (sulfide) groups is 1. The molecule has 1 saturated heterocycles. The van der Waals surface area contributed by atoms with E-state index in [0.717, 1.165) is 11.1 Å². The van der Waals surface area contributed by atoms with E-state index in [4.69, 9.17) is 45.3 Å². The average Bonchev–Trinajstić information content (AvgIpc) is 2.97. The zero-order valence-electron chi connectivity index (χ0n) is 15.6. The highest BCUT2D eigenvalue weighted by molar-refractivity contribution is 8.26. The van der Waals surface area contributed by atoms with Crippen LogP contribution in [-0.4, -0.2) is 32.7 Å². The maximum Gasteiger partial charge on any atom is 0.303 e. The predicted molar refractivity (Wildman–Crippen MR) is 124 cm³/mol. The number of carboxylic acids is 1. The van der Waals surface area contributed by atoms with E-state index in [-0.39, 0.29) is 12.3 Å². The zero-order valence-corrected chi connectivity index (χ0v) is 18.8. The Kier molecular flexibility index (Phi) is 7.77. The van der Waals surface area contributed by atoms with Gasteiger partial charge in [0.15, 0.2) is 0 Å². The van der Waals surface area contributed by atoms with Crippen LogP contribution in [0.2, 0.25) is 10.0 Å². The Morgan fingerprint density at radius 1 is 1.17 bits per heavy atom. The normalized spacial score (nSPS) is 15.1. The Balaban J connectivity index is 1.59. The van der Waals surface area contributed by atoms with Gasteiger partial charge in [0.05, 0.1) is 15.0 Å². The molecule has 0 saturated carbocycles. The third kappa shape index (κ3) is 5.98. The Hall–Kier alpha value is -2.06. The number of carbonyl (C=O) groups excluding carboxylic acids is 1. The molecule has 9 heteroatoms. The molecule has 0 aromatic heterocycles. The number of hydrogen-bond acceptors (Lipinski definition) is 5. The van der Waals surface area contributed by atoms with E-state index < -0.39 is 5.97 Å². The van der Waals surface area contributed by atoms with Crippen molar-refractivity contribution in [2.75, 3.05) is 6.54 Å². The van der Waals surface area contributed by atoms with Gasteiger partial charge in [-0.25, -0.2) is 0 Å². The van der Waals surface area contributed by atoms with Crippen LogP contribution in [0.5, 0.6) is 5.75 Å². The summed E-state index contributed by atoms with van der Waals surface area (Å²) in [5.41, 5.74) is 1.74. The van der Waals surface area contributed by atoms with Crippen molar-refractivity contribution in [3.8, 4) is 5.75 Å². The summed E-state index contributed by atoms with van der Waals surface area (Å²) in [6.45, 7) is 0.654. The van der Waals surface area contributed by atoms with Crippen molar-refractivity contribution < 1.29 is 19.4 Å². The molecule has 156 valence electrons. The third-order valence-corrected chi connectivity index (χ3v) is 6.33. The Labute approximate surface area is 193 Å². The van der Waals surface area contributed by atoms with Gasteiger partial charge in [0.2, 0.25) is 0 Å². The van der Waals surface area contributed by atoms with Crippen LogP contribution in [0.25, 0.3) is 6.08 Å². The molecule has 30 heavy (non-hydrogen) atoms. The number of benzene rings is 2. The second-order valence-electron chi connectivity index (χ2n) is 6.44. The number of thiocarbonyl (C=S) groups is 1. The zero-order chi connectivity index (χ0) is 21.7. The van der Waals surface area contributed by atoms with Gasteiger partial charge in [0.25, 0.3) is 5.91 Å². The lowest BCUT2D eigenvalue weighted by molar-refractivity contribution is -0.137. The molecule has 1 amide bonds. The lowest BCUT2D eigenvalue weighted by Crippen LogP contribution is -2.29. The second-order valence-corrected chi connectivity index (χ2v) is 8.93. The van der Waals surface area contributed by atoms with Gasteiger partial charge in [-0.2, -0.15) is 0 Å². The first-order chi connectivity index (χ1) is 14.3. The Morgan fingerprint density at radius 3 is 2.57 bits per heavy atom. The van der Waals surface area contributed by atoms with Crippen LogP contribution in [0, 0.1) is 0 Å². The van der Waals surface area contributed by atoms with Crippen LogP contribution in [0.3, 0.4) is 0 Å². The number of ether oxygens (including phenoxy) is 1. The molecule has 0 aliphatic carbocycles. The number of carboxylic acid groups (broad SMARTS) is 1. The molecular weight excluding hydrogens is 465 g/mol. The first-order valence-corrected chi connectivity index (χ1v) is 11.0. The monoisotopic (exact) mass is 481 g/mol. The minimum atomic E-state index is -0.891. The van der Waals surface area contributed by atoms with E-state index >= 15 is 0 Å². The molecule has 0 radical (unpaired) electrons. The highest BCUT2D eigenvalue weighted by Gasteiger charge is 2.31. The molecule has 1 aliphatic heterocycles. The summed E-state index contributed by atoms with van der Waals surface area (Å²) in [5, 5.41) is 9.72. The van der Waals surface area contributed by atoms with Gasteiger partial charge in [0.1, 0.15) is 16.7 Å². The summed E-state index contributed by atoms with van der Waals surface area (Å²) in [5.74, 6) is -0.410. The van der Waals surface area contributed by atoms with Gasteiger partial charge >= 0.3 is 5.97 Å². The number of halogens is 2. The van der Waals surface area contributed by atoms with E-state index in [1.807, 2.05) is 30.3 Å². The van der Waals surface area contributed by atoms with Gasteiger partial charge in [-0.15, -0.1) is 0 Å². The van der Waals surface area contributed by atoms with Crippen molar-refractivity contribution >= 4 is 69.5 Å². The van der Waals surface area contributed by atoms with Crippen molar-refractivity contribution in [3.63, 3.8) is 0 Å². The lowest BCUT2D eigenvalue weighted by Gasteiger charge is -2.13. The van der Waals surface area contributed by atoms with Crippen LogP contribution in [-0.2, 0) is 16.2 Å². The highest BCUT2D eigenvalue weighted by atomic mass is 35.5. The molecule has 0 spiro atoms. The minimum Gasteiger partial charge on any atom is -0.489 e. The molecule has 3 rings (SSSR count). The van der Waals surface area contributed by atoms with E-state index in [2.05, 4.69) is 0 Å². The summed E-state index contributed by atoms with van der Waals surface area (Å²) >= 11 is 18.4. The molecule has 1 heterocycles. The van der Waals surface area contributed by atoms with Gasteiger partial charge in [-0.1, -0.05) is 65.4 Å². The molecule has 0 bridgehead atoms. The maximum absolute atomic E-state index is 12.5. The summed E-state index contributed by atoms with van der Waals surface area (Å²) in [6, 6.07) is 12.7. The smallest absolute Gasteiger partial charge is 0.303 e. The summed E-state index contributed by atoms with van der Waals surface area (Å²) < 4.78 is 6.20. The number of rotatable bonds is 8. The fourth-order valence-corrected chi connectivity index (χ4v) is 4.32. The van der Waals surface area contributed by atoms with Crippen LogP contribution < -0.4 is 4.74 Å². The van der Waals surface area contributed by atoms with Gasteiger partial charge in [-0.3, -0.25) is 14.5 Å². The van der Waals surface area contributed by atoms with Crippen molar-refractivity contribution in [1.82, 2.24) is 4.90 Å². The van der Waals surface area contributed by atoms with Crippen molar-refractivity contribution in [1.29, 1.82) is 0 Å². The molecule has 1 aliphatic rings. The molecular formula is C21H17Cl2NO4S2. The van der Waals surface area contributed by atoms with E-state index in [1.165, 1.54) is 16.7 Å². The molecule has 2 aromatic carbocycles. The van der Waals surface area contributed by atoms with E-state index in [1.54, 1.807) is 18.2 Å². The fourth-order valence-electron chi connectivity index (χ4n) is 2.69. The number of carbonyl (C=O) groups is 2. The van der Waals surface area contributed by atoms with E-state index in [0.29, 0.717) is 44.6 Å². The largest absolute Gasteiger partial charge is 0.489 e. The Bertz CT molecular complexity index is 1010. The molecule has 5 nitrogen and oxygen atoms in total. The van der Waals surface area contributed by atoms with Crippen LogP contribution in [0.1, 0.15) is 24.0 Å². The van der Waals surface area contributed by atoms with Gasteiger partial charge < -0.3 is 9.84 Å². The number of aliphatic carboxylic acids is 1. The number of hydrogen-bond donors (Lipinski definition) is 1. The molecule has 1 N–H and O–H groups in total. The summed E-state index contributed by atoms with van der Waals surface area (Å²) in [6.07, 6.45) is 2.12.